The van der Waals surface area contributed by atoms with Crippen LogP contribution in [0.15, 0.2) is 23.1 Å². The summed E-state index contributed by atoms with van der Waals surface area (Å²) in [6, 6.07) is 4.03. The minimum absolute atomic E-state index is 0.190. The molecule has 0 amide bonds. The summed E-state index contributed by atoms with van der Waals surface area (Å²) in [5, 5.41) is 0. The Morgan fingerprint density at radius 1 is 1.29 bits per heavy atom. The number of nitrogens with one attached hydrogen (secondary N) is 1. The minimum Gasteiger partial charge on any atom is -0.326 e. The Hall–Kier alpha value is -0.980. The van der Waals surface area contributed by atoms with Crippen molar-refractivity contribution < 1.29 is 12.8 Å². The second-order valence-electron chi connectivity index (χ2n) is 6.26. The van der Waals surface area contributed by atoms with Gasteiger partial charge in [0.2, 0.25) is 10.0 Å². The van der Waals surface area contributed by atoms with Crippen LogP contribution in [0.4, 0.5) is 4.39 Å². The zero-order valence-corrected chi connectivity index (χ0v) is 12.7. The fourth-order valence-electron chi connectivity index (χ4n) is 3.81. The van der Waals surface area contributed by atoms with Crippen molar-refractivity contribution in [3.8, 4) is 0 Å². The van der Waals surface area contributed by atoms with Gasteiger partial charge in [0.05, 0.1) is 0 Å². The van der Waals surface area contributed by atoms with Crippen LogP contribution in [0.2, 0.25) is 0 Å². The third-order valence-corrected chi connectivity index (χ3v) is 6.40. The molecule has 0 heterocycles. The maximum atomic E-state index is 13.9. The van der Waals surface area contributed by atoms with Crippen LogP contribution in [-0.4, -0.2) is 15.0 Å². The molecule has 3 rings (SSSR count). The van der Waals surface area contributed by atoms with E-state index in [1.807, 2.05) is 0 Å². The highest BCUT2D eigenvalue weighted by molar-refractivity contribution is 7.89. The Kier molecular flexibility index (Phi) is 4.03. The molecule has 3 N–H and O–H groups in total. The molecule has 116 valence electrons. The Bertz CT molecular complexity index is 633. The van der Waals surface area contributed by atoms with Crippen molar-refractivity contribution in [2.24, 2.45) is 23.5 Å². The predicted molar refractivity (Wildman–Crippen MR) is 78.4 cm³/mol. The fourth-order valence-corrected chi connectivity index (χ4v) is 4.96. The number of benzene rings is 1. The van der Waals surface area contributed by atoms with Crippen LogP contribution in [0.5, 0.6) is 0 Å². The molecule has 2 fully saturated rings. The first-order valence-electron chi connectivity index (χ1n) is 7.48. The summed E-state index contributed by atoms with van der Waals surface area (Å²) in [4.78, 5) is -0.289. The maximum absolute atomic E-state index is 13.9. The van der Waals surface area contributed by atoms with E-state index in [0.29, 0.717) is 23.9 Å². The molecule has 0 radical (unpaired) electrons. The highest BCUT2D eigenvalue weighted by Crippen LogP contribution is 2.48. The Morgan fingerprint density at radius 2 is 2.10 bits per heavy atom. The lowest BCUT2D eigenvalue weighted by atomic mass is 9.89. The Labute approximate surface area is 125 Å². The van der Waals surface area contributed by atoms with E-state index in [9.17, 15) is 12.8 Å². The Morgan fingerprint density at radius 3 is 2.67 bits per heavy atom. The SMILES string of the molecule is NCc1ccc(S(=O)(=O)NCC2CC3CCC2C3)c(F)c1. The van der Waals surface area contributed by atoms with E-state index in [2.05, 4.69) is 4.72 Å². The normalized spacial score (nSPS) is 28.2. The summed E-state index contributed by atoms with van der Waals surface area (Å²) < 4.78 is 41.0. The molecule has 2 aliphatic carbocycles. The van der Waals surface area contributed by atoms with Crippen LogP contribution < -0.4 is 10.5 Å². The van der Waals surface area contributed by atoms with Gasteiger partial charge in [-0.25, -0.2) is 17.5 Å². The quantitative estimate of drug-likeness (QED) is 0.873. The van der Waals surface area contributed by atoms with Crippen molar-refractivity contribution in [2.45, 2.75) is 37.1 Å². The molecule has 3 atom stereocenters. The molecule has 0 aliphatic heterocycles. The molecule has 21 heavy (non-hydrogen) atoms. The van der Waals surface area contributed by atoms with Gasteiger partial charge in [0, 0.05) is 13.1 Å². The molecule has 0 aromatic heterocycles. The monoisotopic (exact) mass is 312 g/mol. The largest absolute Gasteiger partial charge is 0.326 e. The van der Waals surface area contributed by atoms with Gasteiger partial charge in [-0.05, 0) is 54.7 Å². The lowest BCUT2D eigenvalue weighted by Crippen LogP contribution is -2.32. The van der Waals surface area contributed by atoms with Gasteiger partial charge < -0.3 is 5.73 Å². The Balaban J connectivity index is 1.69. The van der Waals surface area contributed by atoms with Gasteiger partial charge in [0.1, 0.15) is 10.7 Å². The number of sulfonamides is 1. The average molecular weight is 312 g/mol. The van der Waals surface area contributed by atoms with Crippen molar-refractivity contribution in [2.75, 3.05) is 6.54 Å². The van der Waals surface area contributed by atoms with E-state index in [1.165, 1.54) is 31.4 Å². The lowest BCUT2D eigenvalue weighted by Gasteiger charge is -2.21. The van der Waals surface area contributed by atoms with Gasteiger partial charge in [-0.1, -0.05) is 12.5 Å². The highest BCUT2D eigenvalue weighted by Gasteiger charge is 2.39. The minimum atomic E-state index is -3.79. The van der Waals surface area contributed by atoms with Gasteiger partial charge >= 0.3 is 0 Å². The van der Waals surface area contributed by atoms with Crippen molar-refractivity contribution in [3.05, 3.63) is 29.6 Å². The molecule has 6 heteroatoms. The van der Waals surface area contributed by atoms with Crippen molar-refractivity contribution in [3.63, 3.8) is 0 Å². The molecular formula is C15H21FN2O2S. The van der Waals surface area contributed by atoms with Gasteiger partial charge in [-0.15, -0.1) is 0 Å². The van der Waals surface area contributed by atoms with Crippen LogP contribution in [0.1, 0.15) is 31.2 Å². The van der Waals surface area contributed by atoms with Crippen LogP contribution in [0.25, 0.3) is 0 Å². The summed E-state index contributed by atoms with van der Waals surface area (Å²) >= 11 is 0. The number of hydrogen-bond acceptors (Lipinski definition) is 3. The first-order valence-corrected chi connectivity index (χ1v) is 8.96. The number of halogens is 1. The molecule has 1 aromatic rings. The third kappa shape index (κ3) is 2.98. The maximum Gasteiger partial charge on any atom is 0.243 e. The molecule has 0 saturated heterocycles. The summed E-state index contributed by atoms with van der Waals surface area (Å²) in [6.07, 6.45) is 4.81. The summed E-state index contributed by atoms with van der Waals surface area (Å²) in [5.41, 5.74) is 6.01. The molecule has 4 nitrogen and oxygen atoms in total. The molecule has 2 saturated carbocycles. The first-order chi connectivity index (χ1) is 9.99. The number of nitrogens with two attached hydrogens (primary N) is 1. The summed E-state index contributed by atoms with van der Waals surface area (Å²) in [7, 11) is -3.79. The number of hydrogen-bond donors (Lipinski definition) is 2. The first kappa shape index (κ1) is 14.9. The van der Waals surface area contributed by atoms with Crippen molar-refractivity contribution in [1.82, 2.24) is 4.72 Å². The topological polar surface area (TPSA) is 72.2 Å². The van der Waals surface area contributed by atoms with Crippen molar-refractivity contribution in [1.29, 1.82) is 0 Å². The summed E-state index contributed by atoms with van der Waals surface area (Å²) in [6.45, 7) is 0.609. The van der Waals surface area contributed by atoms with Crippen LogP contribution >= 0.6 is 0 Å². The molecular weight excluding hydrogens is 291 g/mol. The van der Waals surface area contributed by atoms with E-state index in [4.69, 9.17) is 5.73 Å². The number of fused-ring (bicyclic) bond motifs is 2. The predicted octanol–water partition coefficient (Wildman–Crippen LogP) is 2.00. The zero-order chi connectivity index (χ0) is 15.0. The molecule has 3 unspecified atom stereocenters. The average Bonchev–Trinajstić information content (AvgIpc) is 3.07. The van der Waals surface area contributed by atoms with Crippen LogP contribution in [-0.2, 0) is 16.6 Å². The van der Waals surface area contributed by atoms with E-state index >= 15 is 0 Å². The molecule has 0 spiro atoms. The smallest absolute Gasteiger partial charge is 0.243 e. The van der Waals surface area contributed by atoms with Gasteiger partial charge in [0.25, 0.3) is 0 Å². The third-order valence-electron chi connectivity index (χ3n) is 4.94. The van der Waals surface area contributed by atoms with E-state index in [0.717, 1.165) is 12.3 Å². The summed E-state index contributed by atoms with van der Waals surface area (Å²) in [5.74, 6) is 1.08. The van der Waals surface area contributed by atoms with E-state index in [1.54, 1.807) is 6.07 Å². The molecule has 2 aliphatic rings. The van der Waals surface area contributed by atoms with E-state index in [-0.39, 0.29) is 11.4 Å². The van der Waals surface area contributed by atoms with E-state index < -0.39 is 15.8 Å². The standard InChI is InChI=1S/C15H21FN2O2S/c16-14-7-11(8-17)2-4-15(14)21(19,20)18-9-13-6-10-1-3-12(13)5-10/h2,4,7,10,12-13,18H,1,3,5-6,8-9,17H2. The second-order valence-corrected chi connectivity index (χ2v) is 7.99. The molecule has 2 bridgehead atoms. The van der Waals surface area contributed by atoms with Crippen LogP contribution in [0.3, 0.4) is 0 Å². The highest BCUT2D eigenvalue weighted by atomic mass is 32.2. The fraction of sp³-hybridized carbons (Fsp3) is 0.600. The van der Waals surface area contributed by atoms with Crippen LogP contribution in [0, 0.1) is 23.6 Å². The molecule has 1 aromatic carbocycles. The lowest BCUT2D eigenvalue weighted by molar-refractivity contribution is 0.332. The van der Waals surface area contributed by atoms with Gasteiger partial charge in [-0.3, -0.25) is 0 Å². The van der Waals surface area contributed by atoms with Crippen molar-refractivity contribution >= 4 is 10.0 Å². The van der Waals surface area contributed by atoms with Gasteiger partial charge in [-0.2, -0.15) is 0 Å². The second kappa shape index (κ2) is 5.66. The van der Waals surface area contributed by atoms with Gasteiger partial charge in [0.15, 0.2) is 0 Å². The zero-order valence-electron chi connectivity index (χ0n) is 11.9. The number of rotatable bonds is 5.